The van der Waals surface area contributed by atoms with E-state index in [2.05, 4.69) is 31.0 Å². The molecule has 0 radical (unpaired) electrons. The molecule has 3 aliphatic carbocycles. The Bertz CT molecular complexity index is 1870. The van der Waals surface area contributed by atoms with Crippen LogP contribution in [-0.4, -0.2) is 60.5 Å². The molecule has 0 unspecified atom stereocenters. The zero-order valence-corrected chi connectivity index (χ0v) is 29.1. The highest BCUT2D eigenvalue weighted by Gasteiger charge is 2.56. The number of ether oxygens (including phenoxy) is 3. The smallest absolute Gasteiger partial charge is 0.497 e. The Kier molecular flexibility index (Phi) is 8.44. The van der Waals surface area contributed by atoms with Crippen LogP contribution in [0.15, 0.2) is 46.9 Å². The number of halogens is 6. The number of hydrogen-bond acceptors (Lipinski definition) is 7. The maximum Gasteiger partial charge on any atom is 0.573 e. The van der Waals surface area contributed by atoms with Gasteiger partial charge in [0.25, 0.3) is 11.8 Å². The summed E-state index contributed by atoms with van der Waals surface area (Å²) in [5.74, 6) is -4.04. The van der Waals surface area contributed by atoms with E-state index in [0.29, 0.717) is 20.9 Å². The molecule has 2 bridgehead atoms. The van der Waals surface area contributed by atoms with Crippen LogP contribution in [0.1, 0.15) is 67.9 Å². The molecule has 0 spiro atoms. The predicted molar refractivity (Wildman–Crippen MR) is 176 cm³/mol. The van der Waals surface area contributed by atoms with Crippen LogP contribution in [0.2, 0.25) is 0 Å². The number of aromatic nitrogens is 1. The monoisotopic (exact) mass is 751 g/mol. The van der Waals surface area contributed by atoms with Crippen molar-refractivity contribution < 1.29 is 45.8 Å². The summed E-state index contributed by atoms with van der Waals surface area (Å²) in [5, 5.41) is 3.60. The van der Waals surface area contributed by atoms with Crippen molar-refractivity contribution in [1.82, 2.24) is 10.3 Å². The van der Waals surface area contributed by atoms with Crippen LogP contribution in [0.5, 0.6) is 11.5 Å². The fourth-order valence-electron chi connectivity index (χ4n) is 7.04. The summed E-state index contributed by atoms with van der Waals surface area (Å²) in [4.78, 5) is 34.3. The molecule has 2 heterocycles. The number of pyridine rings is 1. The van der Waals surface area contributed by atoms with E-state index < -0.39 is 59.6 Å². The Morgan fingerprint density at radius 2 is 1.67 bits per heavy atom. The number of amides is 1. The lowest BCUT2D eigenvalue weighted by atomic mass is 9.57. The molecule has 0 atom stereocenters. The molecule has 2 aromatic carbocycles. The Balaban J connectivity index is 1.50. The average molecular weight is 753 g/mol. The second-order valence-corrected chi connectivity index (χ2v) is 14.9. The van der Waals surface area contributed by atoms with Gasteiger partial charge in [0.05, 0.1) is 42.2 Å². The van der Waals surface area contributed by atoms with Crippen molar-refractivity contribution in [1.29, 1.82) is 0 Å². The topological polar surface area (TPSA) is 90.0 Å². The molecule has 2 fully saturated rings. The molecular weight excluding hydrogens is 717 g/mol. The van der Waals surface area contributed by atoms with Gasteiger partial charge in [0, 0.05) is 21.0 Å². The van der Waals surface area contributed by atoms with Gasteiger partial charge < -0.3 is 24.4 Å². The summed E-state index contributed by atoms with van der Waals surface area (Å²) >= 11 is 3.44. The van der Waals surface area contributed by atoms with Crippen LogP contribution in [0.25, 0.3) is 16.5 Å². The van der Waals surface area contributed by atoms with Crippen LogP contribution in [-0.2, 0) is 9.53 Å². The summed E-state index contributed by atoms with van der Waals surface area (Å²) in [7, 11) is 1.37. The molecule has 1 aliphatic heterocycles. The first kappa shape index (κ1) is 34.9. The maximum atomic E-state index is 14.6. The number of benzene rings is 2. The van der Waals surface area contributed by atoms with Crippen LogP contribution in [0.4, 0.5) is 27.8 Å². The Hall–Kier alpha value is -3.94. The van der Waals surface area contributed by atoms with Gasteiger partial charge >= 0.3 is 12.3 Å². The van der Waals surface area contributed by atoms with Crippen molar-refractivity contribution in [2.75, 3.05) is 25.1 Å². The standard InChI is InChI=1S/C35H35BrF5N3O5/c1-19-27(23-14-20(36)6-8-25(23)42-28(19)44-17-34(37,38)18-44)29(45)43-33-12-10-32(11-13-33,30(46)49-31(2,3)4)16-24(33)22-15-21(47-5)7-9-26(22)48-35(39,40)41/h6-9,14-16H,10-13,17-18H2,1-5H3,(H,43,45). The lowest BCUT2D eigenvalue weighted by molar-refractivity contribution is -0.274. The van der Waals surface area contributed by atoms with Gasteiger partial charge in [0.2, 0.25) is 0 Å². The van der Waals surface area contributed by atoms with E-state index in [9.17, 15) is 31.5 Å². The minimum Gasteiger partial charge on any atom is -0.497 e. The molecule has 1 aromatic heterocycles. The van der Waals surface area contributed by atoms with Gasteiger partial charge in [0.15, 0.2) is 0 Å². The zero-order chi connectivity index (χ0) is 35.7. The van der Waals surface area contributed by atoms with Crippen LogP contribution >= 0.6 is 15.9 Å². The molecule has 1 saturated heterocycles. The summed E-state index contributed by atoms with van der Waals surface area (Å²) in [6.07, 6.45) is -2.57. The van der Waals surface area contributed by atoms with Crippen LogP contribution in [0, 0.1) is 12.3 Å². The number of alkyl halides is 5. The molecule has 3 aromatic rings. The predicted octanol–water partition coefficient (Wildman–Crippen LogP) is 8.14. The minimum atomic E-state index is -5.04. The molecular formula is C35H35BrF5N3O5. The number of nitrogens with zero attached hydrogens (tertiary/aromatic N) is 2. The van der Waals surface area contributed by atoms with E-state index in [1.165, 1.54) is 24.1 Å². The summed E-state index contributed by atoms with van der Waals surface area (Å²) in [5.41, 5.74) is -2.04. The van der Waals surface area contributed by atoms with Crippen LogP contribution in [0.3, 0.4) is 0 Å². The molecule has 1 amide bonds. The Labute approximate surface area is 288 Å². The van der Waals surface area contributed by atoms with Gasteiger partial charge in [-0.15, -0.1) is 13.2 Å². The number of fused-ring (bicyclic) bond motifs is 3. The van der Waals surface area contributed by atoms with Gasteiger partial charge in [-0.05, 0) is 95.3 Å². The van der Waals surface area contributed by atoms with Crippen molar-refractivity contribution in [2.24, 2.45) is 5.41 Å². The molecule has 14 heteroatoms. The third-order valence-corrected chi connectivity index (χ3v) is 9.82. The van der Waals surface area contributed by atoms with Gasteiger partial charge in [-0.2, -0.15) is 0 Å². The van der Waals surface area contributed by atoms with Gasteiger partial charge in [-0.1, -0.05) is 22.0 Å². The van der Waals surface area contributed by atoms with Gasteiger partial charge in [-0.3, -0.25) is 9.59 Å². The van der Waals surface area contributed by atoms with E-state index in [1.807, 2.05) is 0 Å². The maximum absolute atomic E-state index is 14.6. The van der Waals surface area contributed by atoms with Crippen molar-refractivity contribution in [3.63, 3.8) is 0 Å². The zero-order valence-electron chi connectivity index (χ0n) is 27.5. The van der Waals surface area contributed by atoms with Crippen molar-refractivity contribution in [3.8, 4) is 11.5 Å². The fraction of sp³-hybridized carbons (Fsp3) is 0.457. The first-order valence-electron chi connectivity index (χ1n) is 15.7. The van der Waals surface area contributed by atoms with E-state index in [1.54, 1.807) is 52.0 Å². The molecule has 4 aliphatic rings. The molecule has 1 saturated carbocycles. The third-order valence-electron chi connectivity index (χ3n) is 9.33. The Morgan fingerprint density at radius 1 is 1.00 bits per heavy atom. The highest BCUT2D eigenvalue weighted by Crippen LogP contribution is 2.57. The number of carbonyl (C=O) groups excluding carboxylic acids is 2. The number of hydrogen-bond donors (Lipinski definition) is 1. The number of esters is 1. The van der Waals surface area contributed by atoms with E-state index in [0.717, 1.165) is 6.07 Å². The molecule has 49 heavy (non-hydrogen) atoms. The SMILES string of the molecule is COc1ccc(OC(F)(F)F)c(C2=CC3(C(=O)OC(C)(C)C)CCC2(NC(=O)c2c(C)c(N4CC(F)(F)C4)nc4ccc(Br)cc24)CC3)c1. The number of anilines is 1. The minimum absolute atomic E-state index is 0.00754. The number of nitrogens with one attached hydrogen (secondary N) is 1. The first-order valence-corrected chi connectivity index (χ1v) is 16.5. The van der Waals surface area contributed by atoms with Crippen molar-refractivity contribution in [2.45, 2.75) is 76.8 Å². The Morgan fingerprint density at radius 3 is 2.27 bits per heavy atom. The largest absolute Gasteiger partial charge is 0.573 e. The fourth-order valence-corrected chi connectivity index (χ4v) is 7.40. The number of carbonyl (C=O) groups is 2. The normalized spacial score (nSPS) is 23.1. The van der Waals surface area contributed by atoms with Crippen molar-refractivity contribution in [3.05, 3.63) is 63.6 Å². The van der Waals surface area contributed by atoms with E-state index in [-0.39, 0.29) is 54.0 Å². The van der Waals surface area contributed by atoms with Crippen LogP contribution < -0.4 is 19.7 Å². The molecule has 262 valence electrons. The van der Waals surface area contributed by atoms with Gasteiger partial charge in [0.1, 0.15) is 22.9 Å². The highest BCUT2D eigenvalue weighted by molar-refractivity contribution is 9.10. The average Bonchev–Trinajstić information content (AvgIpc) is 2.98. The van der Waals surface area contributed by atoms with E-state index >= 15 is 0 Å². The quantitative estimate of drug-likeness (QED) is 0.193. The molecule has 7 rings (SSSR count). The summed E-state index contributed by atoms with van der Waals surface area (Å²) in [6, 6.07) is 8.95. The molecule has 8 nitrogen and oxygen atoms in total. The summed E-state index contributed by atoms with van der Waals surface area (Å²) in [6.45, 7) is 5.73. The lowest BCUT2D eigenvalue weighted by Gasteiger charge is -2.52. The summed E-state index contributed by atoms with van der Waals surface area (Å²) < 4.78 is 85.2. The number of rotatable bonds is 7. The van der Waals surface area contributed by atoms with Crippen molar-refractivity contribution >= 4 is 50.1 Å². The van der Waals surface area contributed by atoms with E-state index in [4.69, 9.17) is 9.47 Å². The second-order valence-electron chi connectivity index (χ2n) is 14.0. The second kappa shape index (κ2) is 11.8. The first-order chi connectivity index (χ1) is 22.7. The number of methoxy groups -OCH3 is 1. The van der Waals surface area contributed by atoms with Gasteiger partial charge in [-0.25, -0.2) is 13.8 Å². The third kappa shape index (κ3) is 6.68. The molecule has 1 N–H and O–H groups in total. The lowest BCUT2D eigenvalue weighted by Crippen LogP contribution is -2.58. The highest BCUT2D eigenvalue weighted by atomic mass is 79.9.